The summed E-state index contributed by atoms with van der Waals surface area (Å²) in [7, 11) is 0. The van der Waals surface area contributed by atoms with Crippen LogP contribution in [0.15, 0.2) is 84.9 Å². The van der Waals surface area contributed by atoms with Gasteiger partial charge in [0, 0.05) is 17.9 Å². The highest BCUT2D eigenvalue weighted by atomic mass is 16.5. The minimum atomic E-state index is 0.250. The average molecular weight is 614 g/mol. The van der Waals surface area contributed by atoms with E-state index in [4.69, 9.17) is 20.8 Å². The van der Waals surface area contributed by atoms with Crippen molar-refractivity contribution in [3.05, 3.63) is 130 Å². The van der Waals surface area contributed by atoms with Gasteiger partial charge in [-0.3, -0.25) is 0 Å². The molecule has 238 valence electrons. The van der Waals surface area contributed by atoms with E-state index in [2.05, 4.69) is 91.5 Å². The maximum atomic E-state index is 7.15. The van der Waals surface area contributed by atoms with Gasteiger partial charge >= 0.3 is 0 Å². The van der Waals surface area contributed by atoms with Crippen molar-refractivity contribution in [3.63, 3.8) is 0 Å². The summed E-state index contributed by atoms with van der Waals surface area (Å²) in [4.78, 5) is 3.50. The van der Waals surface area contributed by atoms with Crippen LogP contribution in [0.1, 0.15) is 78.8 Å². The summed E-state index contributed by atoms with van der Waals surface area (Å²) in [6.07, 6.45) is 8.61. The van der Waals surface area contributed by atoms with E-state index in [1.54, 1.807) is 0 Å². The molecule has 4 nitrogen and oxygen atoms in total. The Balaban J connectivity index is 0.919. The quantitative estimate of drug-likeness (QED) is 0.0931. The molecule has 0 saturated carbocycles. The highest BCUT2D eigenvalue weighted by molar-refractivity contribution is 5.79. The van der Waals surface area contributed by atoms with Crippen LogP contribution in [-0.2, 0) is 35.2 Å². The average Bonchev–Trinajstić information content (AvgIpc) is 3.35. The van der Waals surface area contributed by atoms with Gasteiger partial charge in [0.15, 0.2) is 5.69 Å². The van der Waals surface area contributed by atoms with Crippen LogP contribution in [0.2, 0.25) is 0 Å². The molecule has 1 aliphatic heterocycles. The number of unbranched alkanes of at least 4 members (excludes halogenated alkanes) is 3. The first-order valence-electron chi connectivity index (χ1n) is 17.1. The molecule has 46 heavy (non-hydrogen) atoms. The molecule has 0 aromatic heterocycles. The van der Waals surface area contributed by atoms with Crippen LogP contribution in [0.5, 0.6) is 5.75 Å². The fraction of sp³-hybridized carbons (Fsp3) is 0.405. The van der Waals surface area contributed by atoms with E-state index in [0.29, 0.717) is 11.6 Å². The highest BCUT2D eigenvalue weighted by Gasteiger charge is 2.33. The molecule has 0 bridgehead atoms. The molecule has 4 heteroatoms. The summed E-state index contributed by atoms with van der Waals surface area (Å²) in [5.41, 5.74) is 12.0. The molecule has 4 aromatic rings. The van der Waals surface area contributed by atoms with Crippen LogP contribution in [0.25, 0.3) is 16.0 Å². The standard InChI is InChI=1S/C42H47NO3/c1-31-40-26-34(10-8-32-12-18-36(43-3)19-13-32)16-22-38(40)39-23-17-35(27-41(31)39)11-9-33-14-20-37(21-15-33)46-25-7-5-4-6-24-44-28-42(2)29-45-30-42/h12-23,26-27,31H,4-11,24-25,28-30H2,1-2H3. The predicted octanol–water partition coefficient (Wildman–Crippen LogP) is 9.93. The maximum absolute atomic E-state index is 7.15. The molecule has 0 spiro atoms. The van der Waals surface area contributed by atoms with Crippen molar-refractivity contribution in [2.45, 2.75) is 71.1 Å². The molecule has 4 aromatic carbocycles. The van der Waals surface area contributed by atoms with Gasteiger partial charge in [0.05, 0.1) is 33.0 Å². The van der Waals surface area contributed by atoms with Crippen LogP contribution in [0.4, 0.5) is 5.69 Å². The molecule has 2 aliphatic rings. The second kappa shape index (κ2) is 15.1. The van der Waals surface area contributed by atoms with E-state index in [1.165, 1.54) is 57.3 Å². The topological polar surface area (TPSA) is 32.0 Å². The van der Waals surface area contributed by atoms with Gasteiger partial charge in [0.2, 0.25) is 0 Å². The van der Waals surface area contributed by atoms with Gasteiger partial charge in [0.1, 0.15) is 5.75 Å². The van der Waals surface area contributed by atoms with E-state index >= 15 is 0 Å². The Morgan fingerprint density at radius 3 is 1.76 bits per heavy atom. The van der Waals surface area contributed by atoms with Gasteiger partial charge in [-0.05, 0) is 96.0 Å². The molecule has 1 fully saturated rings. The minimum Gasteiger partial charge on any atom is -0.494 e. The van der Waals surface area contributed by atoms with Crippen LogP contribution in [-0.4, -0.2) is 33.0 Å². The van der Waals surface area contributed by atoms with Crippen molar-refractivity contribution < 1.29 is 14.2 Å². The van der Waals surface area contributed by atoms with Crippen LogP contribution >= 0.6 is 0 Å². The Hall–Kier alpha value is -3.91. The summed E-state index contributed by atoms with van der Waals surface area (Å²) in [6.45, 7) is 15.8. The fourth-order valence-corrected chi connectivity index (χ4v) is 6.68. The van der Waals surface area contributed by atoms with E-state index in [-0.39, 0.29) is 5.41 Å². The molecular weight excluding hydrogens is 566 g/mol. The molecule has 1 heterocycles. The van der Waals surface area contributed by atoms with E-state index in [9.17, 15) is 0 Å². The van der Waals surface area contributed by atoms with Gasteiger partial charge in [-0.2, -0.15) is 0 Å². The van der Waals surface area contributed by atoms with Crippen molar-refractivity contribution in [2.75, 3.05) is 33.0 Å². The minimum absolute atomic E-state index is 0.250. The molecular formula is C42H47NO3. The first-order valence-corrected chi connectivity index (χ1v) is 17.1. The van der Waals surface area contributed by atoms with Gasteiger partial charge in [-0.25, -0.2) is 4.85 Å². The third kappa shape index (κ3) is 8.08. The number of aryl methyl sites for hydroxylation is 4. The lowest BCUT2D eigenvalue weighted by Gasteiger charge is -2.37. The smallest absolute Gasteiger partial charge is 0.187 e. The van der Waals surface area contributed by atoms with Crippen molar-refractivity contribution >= 4 is 5.69 Å². The van der Waals surface area contributed by atoms with Gasteiger partial charge in [-0.15, -0.1) is 0 Å². The second-order valence-corrected chi connectivity index (χ2v) is 13.6. The Morgan fingerprint density at radius 2 is 1.22 bits per heavy atom. The lowest BCUT2D eigenvalue weighted by molar-refractivity contribution is -0.137. The van der Waals surface area contributed by atoms with Gasteiger partial charge in [-0.1, -0.05) is 98.6 Å². The Bertz CT molecular complexity index is 1630. The zero-order valence-electron chi connectivity index (χ0n) is 27.5. The normalized spacial score (nSPS) is 15.9. The molecule has 0 N–H and O–H groups in total. The Morgan fingerprint density at radius 1 is 0.696 bits per heavy atom. The number of ether oxygens (including phenoxy) is 3. The monoisotopic (exact) mass is 613 g/mol. The van der Waals surface area contributed by atoms with Crippen molar-refractivity contribution in [2.24, 2.45) is 5.41 Å². The fourth-order valence-electron chi connectivity index (χ4n) is 6.68. The number of hydrogen-bond donors (Lipinski definition) is 0. The molecule has 1 aliphatic carbocycles. The van der Waals surface area contributed by atoms with E-state index in [1.807, 2.05) is 12.1 Å². The van der Waals surface area contributed by atoms with E-state index < -0.39 is 0 Å². The largest absolute Gasteiger partial charge is 0.494 e. The zero-order valence-corrected chi connectivity index (χ0v) is 27.5. The molecule has 1 saturated heterocycles. The number of nitrogens with zero attached hydrogens (tertiary/aromatic N) is 1. The Labute approximate surface area is 275 Å². The van der Waals surface area contributed by atoms with Crippen LogP contribution < -0.4 is 4.74 Å². The van der Waals surface area contributed by atoms with Crippen molar-refractivity contribution in [3.8, 4) is 16.9 Å². The third-order valence-electron chi connectivity index (χ3n) is 9.65. The first kappa shape index (κ1) is 32.0. The summed E-state index contributed by atoms with van der Waals surface area (Å²) in [6, 6.07) is 30.8. The van der Waals surface area contributed by atoms with Crippen molar-refractivity contribution in [1.82, 2.24) is 0 Å². The number of rotatable bonds is 16. The number of hydrogen-bond acceptors (Lipinski definition) is 3. The van der Waals surface area contributed by atoms with Crippen LogP contribution in [0, 0.1) is 12.0 Å². The lowest BCUT2D eigenvalue weighted by Crippen LogP contribution is -2.43. The lowest BCUT2D eigenvalue weighted by atomic mass is 9.90. The third-order valence-corrected chi connectivity index (χ3v) is 9.65. The molecule has 6 rings (SSSR count). The highest BCUT2D eigenvalue weighted by Crippen LogP contribution is 2.45. The van der Waals surface area contributed by atoms with Gasteiger partial charge in [0.25, 0.3) is 0 Å². The summed E-state index contributed by atoms with van der Waals surface area (Å²) >= 11 is 0. The van der Waals surface area contributed by atoms with Gasteiger partial charge < -0.3 is 14.2 Å². The summed E-state index contributed by atoms with van der Waals surface area (Å²) in [5.74, 6) is 1.37. The number of fused-ring (bicyclic) bond motifs is 3. The zero-order chi connectivity index (χ0) is 31.8. The second-order valence-electron chi connectivity index (χ2n) is 13.6. The molecule has 1 atom stereocenters. The van der Waals surface area contributed by atoms with Crippen LogP contribution in [0.3, 0.4) is 0 Å². The summed E-state index contributed by atoms with van der Waals surface area (Å²) in [5, 5.41) is 0. The molecule has 1 unspecified atom stereocenters. The molecule has 0 amide bonds. The Kier molecular flexibility index (Phi) is 10.5. The predicted molar refractivity (Wildman–Crippen MR) is 187 cm³/mol. The SMILES string of the molecule is [C-]#[N+]c1ccc(CCc2ccc3c(c2)C(C)c2cc(CCc4ccc(OCCCCCCOCC5(C)COC5)cc4)ccc2-3)cc1. The summed E-state index contributed by atoms with van der Waals surface area (Å²) < 4.78 is 17.1. The maximum Gasteiger partial charge on any atom is 0.187 e. The first-order chi connectivity index (χ1) is 22.5. The molecule has 0 radical (unpaired) electrons. The number of benzene rings is 4. The van der Waals surface area contributed by atoms with E-state index in [0.717, 1.165) is 77.3 Å². The van der Waals surface area contributed by atoms with Crippen molar-refractivity contribution in [1.29, 1.82) is 0 Å².